The Balaban J connectivity index is 2.52. The normalized spacial score (nSPS) is 10.9. The molecule has 3 aromatic rings. The van der Waals surface area contributed by atoms with Gasteiger partial charge < -0.3 is 14.3 Å². The third-order valence-electron chi connectivity index (χ3n) is 2.88. The summed E-state index contributed by atoms with van der Waals surface area (Å²) in [5, 5.41) is 10.6. The zero-order valence-electron chi connectivity index (χ0n) is 9.64. The molecule has 1 heterocycles. The summed E-state index contributed by atoms with van der Waals surface area (Å²) in [6.07, 6.45) is 0. The first kappa shape index (κ1) is 10.7. The van der Waals surface area contributed by atoms with Gasteiger partial charge in [0.2, 0.25) is 5.43 Å². The van der Waals surface area contributed by atoms with E-state index in [1.807, 2.05) is 0 Å². The molecule has 0 aliphatic carbocycles. The molecule has 3 rings (SSSR count). The maximum Gasteiger partial charge on any atom is 0.200 e. The van der Waals surface area contributed by atoms with Crippen LogP contribution in [0.2, 0.25) is 0 Å². The molecule has 2 aromatic carbocycles. The summed E-state index contributed by atoms with van der Waals surface area (Å²) in [5.41, 5.74) is 0.710. The molecule has 0 amide bonds. The maximum absolute atomic E-state index is 12.3. The second kappa shape index (κ2) is 3.77. The summed E-state index contributed by atoms with van der Waals surface area (Å²) in [7, 11) is 1.43. The number of rotatable bonds is 1. The van der Waals surface area contributed by atoms with Crippen LogP contribution in [0.1, 0.15) is 0 Å². The highest BCUT2D eigenvalue weighted by Gasteiger charge is 2.11. The van der Waals surface area contributed by atoms with Crippen LogP contribution in [0.3, 0.4) is 0 Å². The fourth-order valence-corrected chi connectivity index (χ4v) is 1.98. The van der Waals surface area contributed by atoms with Gasteiger partial charge in [0.25, 0.3) is 0 Å². The summed E-state index contributed by atoms with van der Waals surface area (Å²) >= 11 is 0. The topological polar surface area (TPSA) is 59.7 Å². The van der Waals surface area contributed by atoms with Crippen molar-refractivity contribution in [1.29, 1.82) is 0 Å². The molecule has 0 unspecified atom stereocenters. The highest BCUT2D eigenvalue weighted by Crippen LogP contribution is 2.31. The standard InChI is InChI=1S/C14H10O4/c1-17-13-6-9-12(7-10(13)15)18-11-5-3-2-4-8(11)14(9)16/h2-7,15H,1H3. The molecule has 4 heteroatoms. The Morgan fingerprint density at radius 3 is 2.67 bits per heavy atom. The lowest BCUT2D eigenvalue weighted by molar-refractivity contribution is 0.374. The molecular weight excluding hydrogens is 232 g/mol. The number of fused-ring (bicyclic) bond motifs is 2. The van der Waals surface area contributed by atoms with E-state index in [1.54, 1.807) is 24.3 Å². The van der Waals surface area contributed by atoms with E-state index >= 15 is 0 Å². The fraction of sp³-hybridized carbons (Fsp3) is 0.0714. The molecule has 90 valence electrons. The summed E-state index contributed by atoms with van der Waals surface area (Å²) in [6.45, 7) is 0. The van der Waals surface area contributed by atoms with Gasteiger partial charge in [0, 0.05) is 6.07 Å². The van der Waals surface area contributed by atoms with Gasteiger partial charge in [-0.25, -0.2) is 0 Å². The van der Waals surface area contributed by atoms with Crippen molar-refractivity contribution in [3.8, 4) is 11.5 Å². The van der Waals surface area contributed by atoms with Crippen LogP contribution in [0, 0.1) is 0 Å². The number of hydrogen-bond donors (Lipinski definition) is 1. The van der Waals surface area contributed by atoms with Crippen molar-refractivity contribution in [3.05, 3.63) is 46.6 Å². The molecule has 1 N–H and O–H groups in total. The van der Waals surface area contributed by atoms with E-state index in [0.717, 1.165) is 0 Å². The van der Waals surface area contributed by atoms with Crippen LogP contribution in [-0.2, 0) is 0 Å². The Bertz CT molecular complexity index is 802. The van der Waals surface area contributed by atoms with E-state index in [2.05, 4.69) is 0 Å². The summed E-state index contributed by atoms with van der Waals surface area (Å²) in [4.78, 5) is 12.3. The zero-order valence-corrected chi connectivity index (χ0v) is 9.64. The van der Waals surface area contributed by atoms with Crippen LogP contribution >= 0.6 is 0 Å². The Labute approximate surface area is 102 Å². The van der Waals surface area contributed by atoms with Gasteiger partial charge in [-0.1, -0.05) is 12.1 Å². The minimum Gasteiger partial charge on any atom is -0.504 e. The second-order valence-electron chi connectivity index (χ2n) is 3.95. The lowest BCUT2D eigenvalue weighted by Gasteiger charge is -2.05. The number of aromatic hydroxyl groups is 1. The highest BCUT2D eigenvalue weighted by atomic mass is 16.5. The van der Waals surface area contributed by atoms with Crippen molar-refractivity contribution in [2.45, 2.75) is 0 Å². The van der Waals surface area contributed by atoms with E-state index in [4.69, 9.17) is 9.15 Å². The van der Waals surface area contributed by atoms with Crippen LogP contribution in [-0.4, -0.2) is 12.2 Å². The van der Waals surface area contributed by atoms with E-state index in [1.165, 1.54) is 19.2 Å². The third-order valence-corrected chi connectivity index (χ3v) is 2.88. The summed E-state index contributed by atoms with van der Waals surface area (Å²) in [5.74, 6) is 0.202. The predicted octanol–water partition coefficient (Wildman–Crippen LogP) is 2.66. The van der Waals surface area contributed by atoms with Gasteiger partial charge in [0.1, 0.15) is 11.2 Å². The average Bonchev–Trinajstić information content (AvgIpc) is 2.38. The van der Waals surface area contributed by atoms with Gasteiger partial charge in [-0.15, -0.1) is 0 Å². The van der Waals surface area contributed by atoms with Crippen molar-refractivity contribution in [1.82, 2.24) is 0 Å². The molecule has 0 bridgehead atoms. The summed E-state index contributed by atoms with van der Waals surface area (Å²) in [6, 6.07) is 9.88. The molecule has 0 aliphatic rings. The van der Waals surface area contributed by atoms with Crippen LogP contribution in [0.15, 0.2) is 45.6 Å². The van der Waals surface area contributed by atoms with Crippen LogP contribution in [0.4, 0.5) is 0 Å². The molecule has 4 nitrogen and oxygen atoms in total. The van der Waals surface area contributed by atoms with E-state index in [-0.39, 0.29) is 16.9 Å². The van der Waals surface area contributed by atoms with Crippen molar-refractivity contribution < 1.29 is 14.3 Å². The molecular formula is C14H10O4. The number of phenols is 1. The minimum absolute atomic E-state index is 0.0524. The first-order chi connectivity index (χ1) is 8.70. The second-order valence-corrected chi connectivity index (χ2v) is 3.95. The third kappa shape index (κ3) is 1.43. The first-order valence-electron chi connectivity index (χ1n) is 5.43. The lowest BCUT2D eigenvalue weighted by atomic mass is 10.1. The van der Waals surface area contributed by atoms with Crippen LogP contribution in [0.5, 0.6) is 11.5 Å². The van der Waals surface area contributed by atoms with Crippen molar-refractivity contribution >= 4 is 21.9 Å². The SMILES string of the molecule is COc1cc2c(=O)c3ccccc3oc2cc1O. The molecule has 1 aromatic heterocycles. The highest BCUT2D eigenvalue weighted by molar-refractivity contribution is 5.91. The Morgan fingerprint density at radius 1 is 1.11 bits per heavy atom. The number of phenolic OH excluding ortho intramolecular Hbond substituents is 1. The van der Waals surface area contributed by atoms with Crippen LogP contribution in [0.25, 0.3) is 21.9 Å². The quantitative estimate of drug-likeness (QED) is 0.666. The Morgan fingerprint density at radius 2 is 1.89 bits per heavy atom. The van der Waals surface area contributed by atoms with Crippen molar-refractivity contribution in [2.75, 3.05) is 7.11 Å². The lowest BCUT2D eigenvalue weighted by Crippen LogP contribution is -2.02. The minimum atomic E-state index is -0.134. The molecule has 0 saturated heterocycles. The van der Waals surface area contributed by atoms with Crippen LogP contribution < -0.4 is 10.2 Å². The fourth-order valence-electron chi connectivity index (χ4n) is 1.98. The van der Waals surface area contributed by atoms with Gasteiger partial charge in [-0.05, 0) is 18.2 Å². The van der Waals surface area contributed by atoms with Gasteiger partial charge in [0.05, 0.1) is 17.9 Å². The Hall–Kier alpha value is -2.49. The number of methoxy groups -OCH3 is 1. The maximum atomic E-state index is 12.3. The van der Waals surface area contributed by atoms with Gasteiger partial charge >= 0.3 is 0 Å². The smallest absolute Gasteiger partial charge is 0.200 e. The van der Waals surface area contributed by atoms with Gasteiger partial charge in [-0.3, -0.25) is 4.79 Å². The summed E-state index contributed by atoms with van der Waals surface area (Å²) < 4.78 is 10.6. The molecule has 0 saturated carbocycles. The van der Waals surface area contributed by atoms with E-state index in [0.29, 0.717) is 21.9 Å². The molecule has 0 aliphatic heterocycles. The van der Waals surface area contributed by atoms with Gasteiger partial charge in [0.15, 0.2) is 11.5 Å². The molecule has 0 atom stereocenters. The molecule has 18 heavy (non-hydrogen) atoms. The van der Waals surface area contributed by atoms with Gasteiger partial charge in [-0.2, -0.15) is 0 Å². The zero-order chi connectivity index (χ0) is 12.7. The largest absolute Gasteiger partial charge is 0.504 e. The first-order valence-corrected chi connectivity index (χ1v) is 5.43. The van der Waals surface area contributed by atoms with E-state index < -0.39 is 0 Å². The average molecular weight is 242 g/mol. The van der Waals surface area contributed by atoms with E-state index in [9.17, 15) is 9.90 Å². The predicted molar refractivity (Wildman–Crippen MR) is 68.2 cm³/mol. The Kier molecular flexibility index (Phi) is 2.23. The number of para-hydroxylation sites is 1. The molecule has 0 fully saturated rings. The molecule has 0 spiro atoms. The monoisotopic (exact) mass is 242 g/mol. The molecule has 0 radical (unpaired) electrons. The number of benzene rings is 2. The van der Waals surface area contributed by atoms with Crippen molar-refractivity contribution in [2.24, 2.45) is 0 Å². The number of hydrogen-bond acceptors (Lipinski definition) is 4. The number of ether oxygens (including phenoxy) is 1. The van der Waals surface area contributed by atoms with Crippen molar-refractivity contribution in [3.63, 3.8) is 0 Å².